The number of phosphoric acid groups is 1. The normalized spacial score (nSPS) is 13.6. The lowest BCUT2D eigenvalue weighted by molar-refractivity contribution is -0.161. The molecule has 0 spiro atoms. The Morgan fingerprint density at radius 2 is 0.671 bits per heavy atom. The number of aliphatic hydroxyl groups is 1. The minimum Gasteiger partial charge on any atom is -0.462 e. The maximum atomic E-state index is 12.9. The van der Waals surface area contributed by atoms with Crippen LogP contribution in [0.2, 0.25) is 0 Å². The zero-order valence-electron chi connectivity index (χ0n) is 49.2. The van der Waals surface area contributed by atoms with Gasteiger partial charge in [0.25, 0.3) is 0 Å². The Kier molecular flexibility index (Phi) is 56.6. The van der Waals surface area contributed by atoms with E-state index in [1.165, 1.54) is 154 Å². The van der Waals surface area contributed by atoms with Crippen molar-refractivity contribution in [2.75, 3.05) is 26.4 Å². The van der Waals surface area contributed by atoms with Crippen LogP contribution in [0.4, 0.5) is 0 Å². The third-order valence-electron chi connectivity index (χ3n) is 13.7. The third kappa shape index (κ3) is 56.2. The van der Waals surface area contributed by atoms with Crippen molar-refractivity contribution < 1.29 is 52.2 Å². The second kappa shape index (κ2) is 58.6. The molecule has 0 fully saturated rings. The summed E-state index contributed by atoms with van der Waals surface area (Å²) in [5.74, 6) is -1.47. The topological polar surface area (TPSA) is 155 Å². The molecule has 0 aliphatic rings. The van der Waals surface area contributed by atoms with Gasteiger partial charge in [0.15, 0.2) is 6.10 Å². The van der Waals surface area contributed by atoms with Gasteiger partial charge in [-0.1, -0.05) is 236 Å². The van der Waals surface area contributed by atoms with Crippen molar-refractivity contribution in [2.24, 2.45) is 0 Å². The molecule has 76 heavy (non-hydrogen) atoms. The molecular weight excluding hydrogens is 976 g/mol. The molecule has 11 nitrogen and oxygen atoms in total. The Hall–Kier alpha value is -2.56. The van der Waals surface area contributed by atoms with Crippen LogP contribution in [0.15, 0.2) is 48.6 Å². The average Bonchev–Trinajstić information content (AvgIpc) is 3.41. The van der Waals surface area contributed by atoms with Crippen LogP contribution in [0.1, 0.15) is 303 Å². The molecule has 3 unspecified atom stereocenters. The smallest absolute Gasteiger partial charge is 0.462 e. The van der Waals surface area contributed by atoms with E-state index in [0.717, 1.165) is 89.9 Å². The molecule has 12 heteroatoms. The third-order valence-corrected chi connectivity index (χ3v) is 14.6. The Balaban J connectivity index is 4.66. The van der Waals surface area contributed by atoms with Gasteiger partial charge in [-0.2, -0.15) is 0 Å². The predicted molar refractivity (Wildman–Crippen MR) is 316 cm³/mol. The molecule has 0 radical (unpaired) electrons. The average molecular weight is 1090 g/mol. The van der Waals surface area contributed by atoms with Crippen LogP contribution >= 0.6 is 7.82 Å². The van der Waals surface area contributed by atoms with Gasteiger partial charge in [-0.15, -0.1) is 0 Å². The molecule has 0 saturated carbocycles. The van der Waals surface area contributed by atoms with Crippen LogP contribution in [0, 0.1) is 0 Å². The molecular formula is C64H117O11P. The summed E-state index contributed by atoms with van der Waals surface area (Å²) >= 11 is 0. The molecule has 0 amide bonds. The first-order valence-electron chi connectivity index (χ1n) is 31.5. The Labute approximate surface area is 466 Å². The number of carbonyl (C=O) groups is 3. The maximum Gasteiger partial charge on any atom is 0.472 e. The minimum atomic E-state index is -4.75. The Bertz CT molecular complexity index is 1460. The molecule has 0 aromatic rings. The summed E-state index contributed by atoms with van der Waals surface area (Å²) in [7, 11) is -4.75. The van der Waals surface area contributed by atoms with E-state index in [1.807, 2.05) is 0 Å². The number of carbonyl (C=O) groups excluding carboxylic acids is 3. The van der Waals surface area contributed by atoms with E-state index >= 15 is 0 Å². The number of hydrogen-bond donors (Lipinski definition) is 2. The maximum absolute atomic E-state index is 12.9. The van der Waals surface area contributed by atoms with Gasteiger partial charge < -0.3 is 24.2 Å². The lowest BCUT2D eigenvalue weighted by Gasteiger charge is -2.21. The standard InChI is InChI=1S/C64H117O11P/c1-4-7-10-13-16-19-22-25-27-29-30-32-34-37-40-43-46-49-52-55-64(68)75-61(57-71-62(66)53-50-47-44-41-38-35-24-21-18-15-12-9-6-3)59-73-76(69,70)72-58-60(56-65)74-63(67)54-51-48-45-42-39-36-33-31-28-26-23-20-17-14-11-8-5-2/h12,15,21,24-28,60-61,65H,4-11,13-14,16-20,22-23,29-59H2,1-3H3,(H,69,70)/b15-12-,24-21-,27-25-,28-26-. The van der Waals surface area contributed by atoms with Crippen molar-refractivity contribution in [3.63, 3.8) is 0 Å². The highest BCUT2D eigenvalue weighted by Crippen LogP contribution is 2.43. The van der Waals surface area contributed by atoms with Crippen molar-refractivity contribution >= 4 is 25.7 Å². The first kappa shape index (κ1) is 73.4. The van der Waals surface area contributed by atoms with Crippen LogP contribution in [0.25, 0.3) is 0 Å². The highest BCUT2D eigenvalue weighted by molar-refractivity contribution is 7.47. The highest BCUT2D eigenvalue weighted by Gasteiger charge is 2.28. The second-order valence-corrected chi connectivity index (χ2v) is 22.7. The van der Waals surface area contributed by atoms with Crippen LogP contribution < -0.4 is 0 Å². The summed E-state index contributed by atoms with van der Waals surface area (Å²) in [6, 6.07) is 0. The van der Waals surface area contributed by atoms with Gasteiger partial charge >= 0.3 is 25.7 Å². The quantitative estimate of drug-likeness (QED) is 0.0197. The van der Waals surface area contributed by atoms with E-state index < -0.39 is 57.8 Å². The van der Waals surface area contributed by atoms with E-state index in [-0.39, 0.29) is 25.9 Å². The van der Waals surface area contributed by atoms with Crippen molar-refractivity contribution in [3.8, 4) is 0 Å². The van der Waals surface area contributed by atoms with Crippen LogP contribution in [0.5, 0.6) is 0 Å². The zero-order valence-corrected chi connectivity index (χ0v) is 50.1. The van der Waals surface area contributed by atoms with Gasteiger partial charge in [0.1, 0.15) is 12.7 Å². The minimum absolute atomic E-state index is 0.164. The lowest BCUT2D eigenvalue weighted by Crippen LogP contribution is -2.30. The SMILES string of the molecule is CCC/C=C\C/C=C\CCCCCCCC(=O)OCC(COP(=O)(O)OCC(CO)OC(=O)CCCCCCCCC/C=C\CCCCCCCC)OC(=O)CCCCCCCCCCC/C=C\CCCCCCCC. The molecule has 0 heterocycles. The van der Waals surface area contributed by atoms with Gasteiger partial charge in [0, 0.05) is 19.3 Å². The largest absolute Gasteiger partial charge is 0.472 e. The summed E-state index contributed by atoms with van der Waals surface area (Å²) in [4.78, 5) is 48.7. The molecule has 0 aromatic carbocycles. The molecule has 0 rings (SSSR count). The number of allylic oxidation sites excluding steroid dienone is 8. The van der Waals surface area contributed by atoms with Crippen molar-refractivity contribution in [3.05, 3.63) is 48.6 Å². The molecule has 3 atom stereocenters. The molecule has 0 saturated heterocycles. The number of esters is 3. The molecule has 444 valence electrons. The number of rotatable bonds is 59. The summed E-state index contributed by atoms with van der Waals surface area (Å²) < 4.78 is 39.6. The molecule has 0 aliphatic carbocycles. The molecule has 0 aliphatic heterocycles. The predicted octanol–water partition coefficient (Wildman–Crippen LogP) is 18.9. The van der Waals surface area contributed by atoms with Gasteiger partial charge in [0.05, 0.1) is 19.8 Å². The van der Waals surface area contributed by atoms with E-state index in [0.29, 0.717) is 19.3 Å². The van der Waals surface area contributed by atoms with Crippen LogP contribution in [0.3, 0.4) is 0 Å². The number of ether oxygens (including phenoxy) is 3. The fourth-order valence-electron chi connectivity index (χ4n) is 8.86. The summed E-state index contributed by atoms with van der Waals surface area (Å²) in [5.41, 5.74) is 0. The van der Waals surface area contributed by atoms with Crippen molar-refractivity contribution in [2.45, 2.75) is 315 Å². The fraction of sp³-hybridized carbons (Fsp3) is 0.828. The lowest BCUT2D eigenvalue weighted by atomic mass is 10.1. The summed E-state index contributed by atoms with van der Waals surface area (Å²) in [6.07, 6.45) is 63.5. The van der Waals surface area contributed by atoms with Crippen molar-refractivity contribution in [1.29, 1.82) is 0 Å². The van der Waals surface area contributed by atoms with Gasteiger partial charge in [-0.3, -0.25) is 23.4 Å². The number of aliphatic hydroxyl groups excluding tert-OH is 1. The van der Waals surface area contributed by atoms with Crippen molar-refractivity contribution in [1.82, 2.24) is 0 Å². The van der Waals surface area contributed by atoms with Crippen LogP contribution in [-0.2, 0) is 42.2 Å². The van der Waals surface area contributed by atoms with Crippen LogP contribution in [-0.4, -0.2) is 66.5 Å². The molecule has 0 bridgehead atoms. The first-order chi connectivity index (χ1) is 37.2. The zero-order chi connectivity index (χ0) is 55.5. The molecule has 2 N–H and O–H groups in total. The van der Waals surface area contributed by atoms with Gasteiger partial charge in [-0.05, 0) is 96.3 Å². The van der Waals surface area contributed by atoms with Gasteiger partial charge in [0.2, 0.25) is 0 Å². The second-order valence-electron chi connectivity index (χ2n) is 21.2. The van der Waals surface area contributed by atoms with Gasteiger partial charge in [-0.25, -0.2) is 4.57 Å². The monoisotopic (exact) mass is 1090 g/mol. The number of hydrogen-bond acceptors (Lipinski definition) is 10. The van der Waals surface area contributed by atoms with E-state index in [2.05, 4.69) is 69.4 Å². The molecule has 0 aromatic heterocycles. The Morgan fingerprint density at radius 3 is 1.04 bits per heavy atom. The first-order valence-corrected chi connectivity index (χ1v) is 33.0. The highest BCUT2D eigenvalue weighted by atomic mass is 31.2. The van der Waals surface area contributed by atoms with E-state index in [9.17, 15) is 28.9 Å². The van der Waals surface area contributed by atoms with E-state index in [4.69, 9.17) is 23.3 Å². The van der Waals surface area contributed by atoms with E-state index in [1.54, 1.807) is 0 Å². The summed E-state index contributed by atoms with van der Waals surface area (Å²) in [6.45, 7) is 4.60. The summed E-state index contributed by atoms with van der Waals surface area (Å²) in [5, 5.41) is 9.84. The number of unbranched alkanes of at least 4 members (excludes halogenated alkanes) is 34. The fourth-order valence-corrected chi connectivity index (χ4v) is 9.64. The Morgan fingerprint density at radius 1 is 0.368 bits per heavy atom. The number of phosphoric ester groups is 1.